The highest BCUT2D eigenvalue weighted by Gasteiger charge is 2.11. The Labute approximate surface area is 108 Å². The molecule has 2 rings (SSSR count). The fraction of sp³-hybridized carbons (Fsp3) is 0.0909. The van der Waals surface area contributed by atoms with E-state index in [0.717, 1.165) is 11.4 Å². The Morgan fingerprint density at radius 3 is 1.67 bits per heavy atom. The number of rotatable bonds is 2. The molecule has 0 N–H and O–H groups in total. The van der Waals surface area contributed by atoms with E-state index in [1.807, 2.05) is 36.4 Å². The summed E-state index contributed by atoms with van der Waals surface area (Å²) in [4.78, 5) is 8.61. The van der Waals surface area contributed by atoms with E-state index in [1.54, 1.807) is 12.4 Å². The zero-order valence-electron chi connectivity index (χ0n) is 7.88. The molecular weight excluding hydrogens is 320 g/mol. The predicted molar refractivity (Wildman–Crippen MR) is 69.6 cm³/mol. The average molecular weight is 330 g/mol. The van der Waals surface area contributed by atoms with Gasteiger partial charge in [-0.2, -0.15) is 0 Å². The fourth-order valence-electron chi connectivity index (χ4n) is 1.20. The molecule has 0 radical (unpaired) electrons. The zero-order chi connectivity index (χ0) is 9.80. The topological polar surface area (TPSA) is 25.8 Å². The Morgan fingerprint density at radius 1 is 0.867 bits per heavy atom. The Hall–Kier alpha value is -0.740. The predicted octanol–water partition coefficient (Wildman–Crippen LogP) is 3.54. The molecule has 2 heterocycles. The monoisotopic (exact) mass is 328 g/mol. The van der Waals surface area contributed by atoms with Crippen molar-refractivity contribution in [2.75, 3.05) is 0 Å². The van der Waals surface area contributed by atoms with Gasteiger partial charge in [0.25, 0.3) is 0 Å². The second kappa shape index (κ2) is 5.98. The van der Waals surface area contributed by atoms with Crippen molar-refractivity contribution >= 4 is 32.9 Å². The summed E-state index contributed by atoms with van der Waals surface area (Å²) in [6.07, 6.45) is 3.57. The van der Waals surface area contributed by atoms with E-state index < -0.39 is 0 Å². The standard InChI is InChI=1S/C11H9BrN2.BrH/c12-11(9-5-1-3-7-13-9)10-6-2-4-8-14-10;/h1-8,11H;1H. The van der Waals surface area contributed by atoms with Crippen molar-refractivity contribution in [1.82, 2.24) is 9.97 Å². The highest BCUT2D eigenvalue weighted by atomic mass is 79.9. The van der Waals surface area contributed by atoms with E-state index >= 15 is 0 Å². The van der Waals surface area contributed by atoms with Crippen LogP contribution in [0.25, 0.3) is 0 Å². The van der Waals surface area contributed by atoms with Crippen molar-refractivity contribution in [3.63, 3.8) is 0 Å². The lowest BCUT2D eigenvalue weighted by Gasteiger charge is -2.07. The molecule has 0 aliphatic heterocycles. The number of pyridine rings is 2. The second-order valence-electron chi connectivity index (χ2n) is 2.87. The molecule has 0 aliphatic rings. The van der Waals surface area contributed by atoms with Crippen LogP contribution < -0.4 is 0 Å². The van der Waals surface area contributed by atoms with Crippen LogP contribution in [-0.4, -0.2) is 9.97 Å². The molecule has 0 aliphatic carbocycles. The van der Waals surface area contributed by atoms with Crippen LogP contribution in [0.1, 0.15) is 16.2 Å². The molecule has 0 aromatic carbocycles. The van der Waals surface area contributed by atoms with Gasteiger partial charge in [-0.1, -0.05) is 28.1 Å². The molecule has 0 saturated heterocycles. The van der Waals surface area contributed by atoms with Crippen LogP contribution in [0, 0.1) is 0 Å². The number of nitrogens with zero attached hydrogens (tertiary/aromatic N) is 2. The zero-order valence-corrected chi connectivity index (χ0v) is 11.2. The molecule has 2 nitrogen and oxygen atoms in total. The van der Waals surface area contributed by atoms with Crippen LogP contribution in [0.15, 0.2) is 48.8 Å². The molecule has 2 aromatic rings. The van der Waals surface area contributed by atoms with Gasteiger partial charge >= 0.3 is 0 Å². The van der Waals surface area contributed by atoms with E-state index in [0.29, 0.717) is 0 Å². The third-order valence-electron chi connectivity index (χ3n) is 1.89. The summed E-state index contributed by atoms with van der Waals surface area (Å²) in [6, 6.07) is 11.7. The number of hydrogen-bond donors (Lipinski definition) is 0. The van der Waals surface area contributed by atoms with Gasteiger partial charge in [-0.3, -0.25) is 9.97 Å². The van der Waals surface area contributed by atoms with Crippen molar-refractivity contribution in [2.24, 2.45) is 0 Å². The highest BCUT2D eigenvalue weighted by molar-refractivity contribution is 9.09. The van der Waals surface area contributed by atoms with Crippen LogP contribution >= 0.6 is 32.9 Å². The first-order chi connectivity index (χ1) is 6.88. The molecule has 78 valence electrons. The first-order valence-electron chi connectivity index (χ1n) is 4.34. The lowest BCUT2D eigenvalue weighted by atomic mass is 10.2. The number of hydrogen-bond acceptors (Lipinski definition) is 2. The molecule has 0 saturated carbocycles. The molecular formula is C11H10Br2N2. The Kier molecular flexibility index (Phi) is 4.91. The molecule has 2 aromatic heterocycles. The first-order valence-corrected chi connectivity index (χ1v) is 5.25. The van der Waals surface area contributed by atoms with Gasteiger partial charge in [0, 0.05) is 12.4 Å². The highest BCUT2D eigenvalue weighted by Crippen LogP contribution is 2.26. The average Bonchev–Trinajstić information content (AvgIpc) is 2.30. The summed E-state index contributed by atoms with van der Waals surface area (Å²) in [7, 11) is 0. The summed E-state index contributed by atoms with van der Waals surface area (Å²) in [5.41, 5.74) is 1.96. The number of halogens is 2. The van der Waals surface area contributed by atoms with Crippen LogP contribution in [0.5, 0.6) is 0 Å². The molecule has 0 atom stereocenters. The van der Waals surface area contributed by atoms with Crippen molar-refractivity contribution in [3.05, 3.63) is 60.2 Å². The molecule has 4 heteroatoms. The van der Waals surface area contributed by atoms with Gasteiger partial charge in [0.05, 0.1) is 16.2 Å². The molecule has 0 bridgehead atoms. The lowest BCUT2D eigenvalue weighted by Crippen LogP contribution is -1.97. The summed E-state index contributed by atoms with van der Waals surface area (Å²) in [5, 5.41) is 0. The minimum Gasteiger partial charge on any atom is -0.260 e. The van der Waals surface area contributed by atoms with E-state index in [2.05, 4.69) is 25.9 Å². The maximum absolute atomic E-state index is 4.27. The van der Waals surface area contributed by atoms with Gasteiger partial charge < -0.3 is 0 Å². The first kappa shape index (κ1) is 12.3. The van der Waals surface area contributed by atoms with E-state index in [4.69, 9.17) is 0 Å². The maximum Gasteiger partial charge on any atom is 0.0988 e. The van der Waals surface area contributed by atoms with Crippen LogP contribution in [0.3, 0.4) is 0 Å². The Bertz CT molecular complexity index is 352. The van der Waals surface area contributed by atoms with Gasteiger partial charge in [0.1, 0.15) is 0 Å². The quantitative estimate of drug-likeness (QED) is 0.787. The van der Waals surface area contributed by atoms with E-state index in [-0.39, 0.29) is 21.8 Å². The third-order valence-corrected chi connectivity index (χ3v) is 2.83. The smallest absolute Gasteiger partial charge is 0.0988 e. The van der Waals surface area contributed by atoms with Crippen LogP contribution in [0.2, 0.25) is 0 Å². The molecule has 0 unspecified atom stereocenters. The van der Waals surface area contributed by atoms with E-state index in [1.165, 1.54) is 0 Å². The third kappa shape index (κ3) is 3.11. The van der Waals surface area contributed by atoms with Gasteiger partial charge in [-0.15, -0.1) is 17.0 Å². The second-order valence-corrected chi connectivity index (χ2v) is 3.79. The van der Waals surface area contributed by atoms with Crippen molar-refractivity contribution in [2.45, 2.75) is 4.83 Å². The SMILES string of the molecule is Br.BrC(c1ccccn1)c1ccccn1. The molecule has 0 fully saturated rings. The number of aromatic nitrogens is 2. The van der Waals surface area contributed by atoms with Gasteiger partial charge in [0.15, 0.2) is 0 Å². The van der Waals surface area contributed by atoms with Crippen LogP contribution in [-0.2, 0) is 0 Å². The minimum absolute atomic E-state index is 0. The number of alkyl halides is 1. The minimum atomic E-state index is 0. The largest absolute Gasteiger partial charge is 0.260 e. The van der Waals surface area contributed by atoms with Gasteiger partial charge in [-0.25, -0.2) is 0 Å². The summed E-state index contributed by atoms with van der Waals surface area (Å²) in [5.74, 6) is 0. The maximum atomic E-state index is 4.27. The van der Waals surface area contributed by atoms with Crippen molar-refractivity contribution in [1.29, 1.82) is 0 Å². The molecule has 0 spiro atoms. The van der Waals surface area contributed by atoms with E-state index in [9.17, 15) is 0 Å². The van der Waals surface area contributed by atoms with Crippen molar-refractivity contribution < 1.29 is 0 Å². The fourth-order valence-corrected chi connectivity index (χ4v) is 1.74. The molecule has 15 heavy (non-hydrogen) atoms. The summed E-state index contributed by atoms with van der Waals surface area (Å²) in [6.45, 7) is 0. The lowest BCUT2D eigenvalue weighted by molar-refractivity contribution is 1.00. The Balaban J connectivity index is 0.00000112. The van der Waals surface area contributed by atoms with Gasteiger partial charge in [0.2, 0.25) is 0 Å². The summed E-state index contributed by atoms with van der Waals surface area (Å²) < 4.78 is 0. The Morgan fingerprint density at radius 2 is 1.33 bits per heavy atom. The van der Waals surface area contributed by atoms with Crippen molar-refractivity contribution in [3.8, 4) is 0 Å². The summed E-state index contributed by atoms with van der Waals surface area (Å²) >= 11 is 3.57. The van der Waals surface area contributed by atoms with Crippen LogP contribution in [0.4, 0.5) is 0 Å². The van der Waals surface area contributed by atoms with Gasteiger partial charge in [-0.05, 0) is 24.3 Å². The molecule has 0 amide bonds. The normalized spacial score (nSPS) is 9.73.